The summed E-state index contributed by atoms with van der Waals surface area (Å²) in [5, 5.41) is 4.95. The summed E-state index contributed by atoms with van der Waals surface area (Å²) in [5.74, 6) is 0.690. The molecule has 10 aromatic carbocycles. The van der Waals surface area contributed by atoms with E-state index in [0.717, 1.165) is 44.8 Å². The maximum absolute atomic E-state index is 5.22. The highest BCUT2D eigenvalue weighted by atomic mass is 14.9. The lowest BCUT2D eigenvalue weighted by Crippen LogP contribution is -1.96. The predicted molar refractivity (Wildman–Crippen MR) is 261 cm³/mol. The van der Waals surface area contributed by atoms with Crippen LogP contribution >= 0.6 is 0 Å². The van der Waals surface area contributed by atoms with Crippen LogP contribution in [0.3, 0.4) is 0 Å². The fourth-order valence-corrected chi connectivity index (χ4v) is 8.80. The Bertz CT molecular complexity index is 3160. The average molecular weight is 789 g/mol. The third-order valence-electron chi connectivity index (χ3n) is 12.0. The minimum atomic E-state index is 0.690. The molecule has 0 saturated heterocycles. The maximum atomic E-state index is 5.22. The van der Waals surface area contributed by atoms with Crippen LogP contribution in [0.25, 0.3) is 111 Å². The van der Waals surface area contributed by atoms with E-state index in [-0.39, 0.29) is 0 Å². The van der Waals surface area contributed by atoms with E-state index in [4.69, 9.17) is 9.97 Å². The Morgan fingerprint density at radius 3 is 0.823 bits per heavy atom. The van der Waals surface area contributed by atoms with Gasteiger partial charge in [0.25, 0.3) is 0 Å². The molecular formula is C60H40N2. The van der Waals surface area contributed by atoms with Crippen LogP contribution in [-0.4, -0.2) is 9.97 Å². The van der Waals surface area contributed by atoms with Crippen molar-refractivity contribution >= 4 is 21.5 Å². The van der Waals surface area contributed by atoms with Gasteiger partial charge in [0.1, 0.15) is 0 Å². The van der Waals surface area contributed by atoms with Crippen molar-refractivity contribution in [2.24, 2.45) is 0 Å². The number of hydrogen-bond donors (Lipinski definition) is 0. The molecule has 1 aromatic heterocycles. The van der Waals surface area contributed by atoms with Crippen molar-refractivity contribution in [2.45, 2.75) is 0 Å². The summed E-state index contributed by atoms with van der Waals surface area (Å²) in [7, 11) is 0. The quantitative estimate of drug-likeness (QED) is 0.153. The first kappa shape index (κ1) is 36.8. The largest absolute Gasteiger partial charge is 0.228 e. The lowest BCUT2D eigenvalue weighted by molar-refractivity contribution is 1.18. The number of nitrogens with zero attached hydrogens (tertiary/aromatic N) is 2. The van der Waals surface area contributed by atoms with Gasteiger partial charge in [0.15, 0.2) is 5.82 Å². The summed E-state index contributed by atoms with van der Waals surface area (Å²) in [6.07, 6.45) is 0. The molecule has 0 aliphatic heterocycles. The third kappa shape index (κ3) is 7.04. The van der Waals surface area contributed by atoms with Crippen LogP contribution in [0.1, 0.15) is 0 Å². The van der Waals surface area contributed by atoms with E-state index in [1.807, 2.05) is 6.07 Å². The van der Waals surface area contributed by atoms with E-state index in [1.165, 1.54) is 60.5 Å². The highest BCUT2D eigenvalue weighted by Crippen LogP contribution is 2.39. The Kier molecular flexibility index (Phi) is 9.57. The van der Waals surface area contributed by atoms with Crippen LogP contribution in [0.4, 0.5) is 0 Å². The molecule has 0 fully saturated rings. The van der Waals surface area contributed by atoms with Gasteiger partial charge in [-0.3, -0.25) is 0 Å². The van der Waals surface area contributed by atoms with Crippen LogP contribution in [-0.2, 0) is 0 Å². The Balaban J connectivity index is 0.974. The van der Waals surface area contributed by atoms with Crippen LogP contribution in [0.2, 0.25) is 0 Å². The molecule has 0 aliphatic rings. The number of rotatable bonds is 8. The van der Waals surface area contributed by atoms with Crippen molar-refractivity contribution in [1.29, 1.82) is 0 Å². The molecular weight excluding hydrogens is 749 g/mol. The smallest absolute Gasteiger partial charge is 0.160 e. The highest BCUT2D eigenvalue weighted by Gasteiger charge is 2.15. The molecule has 0 radical (unpaired) electrons. The molecule has 2 nitrogen and oxygen atoms in total. The van der Waals surface area contributed by atoms with Crippen molar-refractivity contribution in [3.63, 3.8) is 0 Å². The molecule has 0 atom stereocenters. The van der Waals surface area contributed by atoms with E-state index >= 15 is 0 Å². The monoisotopic (exact) mass is 788 g/mol. The van der Waals surface area contributed by atoms with E-state index in [0.29, 0.717) is 5.82 Å². The van der Waals surface area contributed by atoms with E-state index in [1.54, 1.807) is 0 Å². The molecule has 2 heteroatoms. The lowest BCUT2D eigenvalue weighted by Gasteiger charge is -2.14. The maximum Gasteiger partial charge on any atom is 0.160 e. The summed E-state index contributed by atoms with van der Waals surface area (Å²) in [4.78, 5) is 10.4. The standard InChI is InChI=1S/C60H40N2/c1-4-14-41(15-5-1)42-24-34-49(35-25-42)60-61-58(47-30-26-45(27-31-47)52-38-36-50(43-16-6-2-7-17-43)54-20-10-12-22-56(52)54)40-59(62-60)48-32-28-46(29-33-48)53-39-37-51(44-18-8-3-9-19-44)55-21-11-13-23-57(53)55/h1-40H. The topological polar surface area (TPSA) is 25.8 Å². The first-order valence-corrected chi connectivity index (χ1v) is 21.1. The molecule has 11 aromatic rings. The zero-order chi connectivity index (χ0) is 41.2. The van der Waals surface area contributed by atoms with Gasteiger partial charge in [0, 0.05) is 16.7 Å². The highest BCUT2D eigenvalue weighted by molar-refractivity contribution is 6.06. The van der Waals surface area contributed by atoms with Crippen molar-refractivity contribution in [2.75, 3.05) is 0 Å². The zero-order valence-electron chi connectivity index (χ0n) is 34.0. The summed E-state index contributed by atoms with van der Waals surface area (Å²) in [6.45, 7) is 0. The minimum Gasteiger partial charge on any atom is -0.228 e. The van der Waals surface area contributed by atoms with Gasteiger partial charge >= 0.3 is 0 Å². The van der Waals surface area contributed by atoms with E-state index < -0.39 is 0 Å². The Hall–Kier alpha value is -8.20. The van der Waals surface area contributed by atoms with Crippen molar-refractivity contribution < 1.29 is 0 Å². The van der Waals surface area contributed by atoms with Gasteiger partial charge in [0.2, 0.25) is 0 Å². The van der Waals surface area contributed by atoms with E-state index in [9.17, 15) is 0 Å². The third-order valence-corrected chi connectivity index (χ3v) is 12.0. The SMILES string of the molecule is c1ccc(-c2ccc(-c3nc(-c4ccc(-c5ccc(-c6ccccc6)c6ccccc56)cc4)cc(-c4ccc(-c5ccc(-c6ccccc6)c6ccccc56)cc4)n3)cc2)cc1. The number of benzene rings is 10. The van der Waals surface area contributed by atoms with Crippen molar-refractivity contribution in [1.82, 2.24) is 9.97 Å². The van der Waals surface area contributed by atoms with Gasteiger partial charge < -0.3 is 0 Å². The van der Waals surface area contributed by atoms with E-state index in [2.05, 4.69) is 237 Å². The van der Waals surface area contributed by atoms with Crippen molar-refractivity contribution in [3.05, 3.63) is 243 Å². The molecule has 0 unspecified atom stereocenters. The van der Waals surface area contributed by atoms with Gasteiger partial charge in [0.05, 0.1) is 11.4 Å². The Morgan fingerprint density at radius 2 is 0.452 bits per heavy atom. The normalized spacial score (nSPS) is 11.2. The van der Waals surface area contributed by atoms with Gasteiger partial charge in [-0.2, -0.15) is 0 Å². The number of hydrogen-bond acceptors (Lipinski definition) is 2. The first-order valence-electron chi connectivity index (χ1n) is 21.1. The minimum absolute atomic E-state index is 0.690. The summed E-state index contributed by atoms with van der Waals surface area (Å²) >= 11 is 0. The van der Waals surface area contributed by atoms with Gasteiger partial charge in [-0.25, -0.2) is 9.97 Å². The Labute approximate surface area is 362 Å². The van der Waals surface area contributed by atoms with Gasteiger partial charge in [-0.1, -0.05) is 237 Å². The average Bonchev–Trinajstić information content (AvgIpc) is 3.36. The molecule has 0 bridgehead atoms. The molecule has 0 spiro atoms. The van der Waals surface area contributed by atoms with Crippen molar-refractivity contribution in [3.8, 4) is 89.5 Å². The summed E-state index contributed by atoms with van der Waals surface area (Å²) < 4.78 is 0. The fourth-order valence-electron chi connectivity index (χ4n) is 8.80. The second-order valence-electron chi connectivity index (χ2n) is 15.7. The second kappa shape index (κ2) is 16.1. The molecule has 62 heavy (non-hydrogen) atoms. The lowest BCUT2D eigenvalue weighted by atomic mass is 9.91. The van der Waals surface area contributed by atoms with Crippen LogP contribution < -0.4 is 0 Å². The van der Waals surface area contributed by atoms with Gasteiger partial charge in [-0.15, -0.1) is 0 Å². The molecule has 0 aliphatic carbocycles. The van der Waals surface area contributed by atoms with Crippen LogP contribution in [0.15, 0.2) is 243 Å². The molecule has 11 rings (SSSR count). The fraction of sp³-hybridized carbons (Fsp3) is 0. The molecule has 0 amide bonds. The Morgan fingerprint density at radius 1 is 0.194 bits per heavy atom. The second-order valence-corrected chi connectivity index (χ2v) is 15.7. The zero-order valence-corrected chi connectivity index (χ0v) is 34.0. The van der Waals surface area contributed by atoms with Gasteiger partial charge in [-0.05, 0) is 83.2 Å². The first-order chi connectivity index (χ1) is 30.7. The van der Waals surface area contributed by atoms with Crippen LogP contribution in [0.5, 0.6) is 0 Å². The molecule has 0 N–H and O–H groups in total. The molecule has 1 heterocycles. The summed E-state index contributed by atoms with van der Waals surface area (Å²) in [6, 6.07) is 86.5. The molecule has 0 saturated carbocycles. The summed E-state index contributed by atoms with van der Waals surface area (Å²) in [5.41, 5.74) is 16.8. The van der Waals surface area contributed by atoms with Crippen LogP contribution in [0, 0.1) is 0 Å². The predicted octanol–water partition coefficient (Wildman–Crippen LogP) is 16.1. The number of fused-ring (bicyclic) bond motifs is 2. The number of aromatic nitrogens is 2. The molecule has 290 valence electrons.